The highest BCUT2D eigenvalue weighted by Crippen LogP contribution is 2.42. The highest BCUT2D eigenvalue weighted by Gasteiger charge is 2.30. The number of hydrogen-bond donors (Lipinski definition) is 0. The molecule has 0 aliphatic carbocycles. The molecule has 3 rings (SSSR count). The number of rotatable bonds is 4. The summed E-state index contributed by atoms with van der Waals surface area (Å²) in [5, 5.41) is 1.10. The second-order valence-corrected chi connectivity index (χ2v) is 6.48. The average molecular weight is 388 g/mol. The van der Waals surface area contributed by atoms with Crippen LogP contribution < -0.4 is 4.74 Å². The molecule has 0 bridgehead atoms. The van der Waals surface area contributed by atoms with Crippen molar-refractivity contribution in [2.45, 2.75) is 18.9 Å². The number of hydrogen-bond acceptors (Lipinski definition) is 2. The fourth-order valence-corrected chi connectivity index (χ4v) is 3.58. The first-order chi connectivity index (χ1) is 10.1. The van der Waals surface area contributed by atoms with Crippen molar-refractivity contribution >= 4 is 39.1 Å². The van der Waals surface area contributed by atoms with Crippen LogP contribution in [0.3, 0.4) is 0 Å². The topological polar surface area (TPSA) is 27.1 Å². The Morgan fingerprint density at radius 3 is 3.00 bits per heavy atom. The van der Waals surface area contributed by atoms with Gasteiger partial charge in [0.2, 0.25) is 0 Å². The third-order valence-corrected chi connectivity index (χ3v) is 5.03. The van der Waals surface area contributed by atoms with Crippen LogP contribution in [0.4, 0.5) is 0 Å². The molecule has 0 amide bonds. The maximum absolute atomic E-state index is 6.43. The number of ether oxygens (including phenoxy) is 1. The van der Waals surface area contributed by atoms with E-state index in [0.29, 0.717) is 16.7 Å². The summed E-state index contributed by atoms with van der Waals surface area (Å²) in [5.74, 6) is 2.00. The molecule has 21 heavy (non-hydrogen) atoms. The lowest BCUT2D eigenvalue weighted by molar-refractivity contribution is 0.355. The van der Waals surface area contributed by atoms with Crippen LogP contribution in [0, 0.1) is 0 Å². The van der Waals surface area contributed by atoms with Crippen LogP contribution in [0.25, 0.3) is 0 Å². The van der Waals surface area contributed by atoms with Gasteiger partial charge in [-0.1, -0.05) is 35.9 Å². The van der Waals surface area contributed by atoms with Gasteiger partial charge in [0.25, 0.3) is 0 Å². The molecule has 110 valence electrons. The molecule has 0 fully saturated rings. The Hall–Kier alpha value is -0.970. The van der Waals surface area contributed by atoms with Gasteiger partial charge >= 0.3 is 0 Å². The minimum atomic E-state index is 0.205. The molecule has 1 unspecified atom stereocenters. The first kappa shape index (κ1) is 14.9. The zero-order valence-electron chi connectivity index (χ0n) is 11.2. The molecule has 1 aromatic heterocycles. The summed E-state index contributed by atoms with van der Waals surface area (Å²) in [6, 6.07) is 3.62. The van der Waals surface area contributed by atoms with Crippen LogP contribution in [0.1, 0.15) is 17.3 Å². The van der Waals surface area contributed by atoms with Gasteiger partial charge in [0.15, 0.2) is 0 Å². The van der Waals surface area contributed by atoms with Gasteiger partial charge in [0.05, 0.1) is 16.2 Å². The van der Waals surface area contributed by atoms with Gasteiger partial charge in [-0.25, -0.2) is 4.98 Å². The van der Waals surface area contributed by atoms with Gasteiger partial charge < -0.3 is 9.30 Å². The Kier molecular flexibility index (Phi) is 4.29. The SMILES string of the molecule is C=CCOc1ccc(Cl)c(Cl)c1C1Cc2ncc(Br)n2C1. The third-order valence-electron chi connectivity index (χ3n) is 3.58. The van der Waals surface area contributed by atoms with E-state index in [1.165, 1.54) is 0 Å². The van der Waals surface area contributed by atoms with Crippen LogP contribution in [-0.2, 0) is 13.0 Å². The van der Waals surface area contributed by atoms with Crippen molar-refractivity contribution in [3.63, 3.8) is 0 Å². The lowest BCUT2D eigenvalue weighted by Gasteiger charge is -2.18. The summed E-state index contributed by atoms with van der Waals surface area (Å²) in [4.78, 5) is 4.40. The summed E-state index contributed by atoms with van der Waals surface area (Å²) in [6.07, 6.45) is 4.35. The molecule has 6 heteroatoms. The molecule has 0 saturated carbocycles. The second-order valence-electron chi connectivity index (χ2n) is 4.88. The molecule has 3 nitrogen and oxygen atoms in total. The average Bonchev–Trinajstić information content (AvgIpc) is 3.03. The predicted molar refractivity (Wildman–Crippen MR) is 88.5 cm³/mol. The van der Waals surface area contributed by atoms with Crippen LogP contribution in [0.5, 0.6) is 5.75 Å². The summed E-state index contributed by atoms with van der Waals surface area (Å²) in [7, 11) is 0. The maximum atomic E-state index is 6.43. The number of fused-ring (bicyclic) bond motifs is 1. The van der Waals surface area contributed by atoms with Gasteiger partial charge in [-0.05, 0) is 28.1 Å². The minimum Gasteiger partial charge on any atom is -0.489 e. The molecule has 2 aromatic rings. The molecule has 0 radical (unpaired) electrons. The molecule has 1 aromatic carbocycles. The van der Waals surface area contributed by atoms with Crippen LogP contribution in [-0.4, -0.2) is 16.2 Å². The van der Waals surface area contributed by atoms with E-state index in [4.69, 9.17) is 27.9 Å². The van der Waals surface area contributed by atoms with Crippen LogP contribution in [0.15, 0.2) is 35.6 Å². The third kappa shape index (κ3) is 2.72. The van der Waals surface area contributed by atoms with E-state index >= 15 is 0 Å². The molecular formula is C15H13BrCl2N2O. The Labute approximate surface area is 141 Å². The molecular weight excluding hydrogens is 375 g/mol. The Bertz CT molecular complexity index is 699. The quantitative estimate of drug-likeness (QED) is 0.700. The van der Waals surface area contributed by atoms with E-state index in [-0.39, 0.29) is 5.92 Å². The van der Waals surface area contributed by atoms with Crippen molar-refractivity contribution in [1.29, 1.82) is 0 Å². The molecule has 1 aliphatic rings. The van der Waals surface area contributed by atoms with E-state index in [2.05, 4.69) is 32.1 Å². The van der Waals surface area contributed by atoms with Crippen molar-refractivity contribution < 1.29 is 4.74 Å². The lowest BCUT2D eigenvalue weighted by atomic mass is 9.96. The van der Waals surface area contributed by atoms with Crippen LogP contribution >= 0.6 is 39.1 Å². The number of aromatic nitrogens is 2. The van der Waals surface area contributed by atoms with Crippen molar-refractivity contribution in [2.24, 2.45) is 0 Å². The zero-order chi connectivity index (χ0) is 15.0. The molecule has 1 aliphatic heterocycles. The summed E-state index contributed by atoms with van der Waals surface area (Å²) in [6.45, 7) is 4.92. The van der Waals surface area contributed by atoms with Gasteiger partial charge in [-0.15, -0.1) is 0 Å². The Balaban J connectivity index is 1.98. The van der Waals surface area contributed by atoms with Gasteiger partial charge in [0.1, 0.15) is 22.8 Å². The zero-order valence-corrected chi connectivity index (χ0v) is 14.2. The predicted octanol–water partition coefficient (Wildman–Crippen LogP) is 4.86. The van der Waals surface area contributed by atoms with E-state index in [0.717, 1.165) is 34.7 Å². The Morgan fingerprint density at radius 1 is 1.48 bits per heavy atom. The smallest absolute Gasteiger partial charge is 0.124 e. The van der Waals surface area contributed by atoms with E-state index < -0.39 is 0 Å². The van der Waals surface area contributed by atoms with Crippen molar-refractivity contribution in [3.05, 3.63) is 57.0 Å². The van der Waals surface area contributed by atoms with Crippen molar-refractivity contribution in [1.82, 2.24) is 9.55 Å². The highest BCUT2D eigenvalue weighted by molar-refractivity contribution is 9.10. The molecule has 2 heterocycles. The van der Waals surface area contributed by atoms with Gasteiger partial charge in [0, 0.05) is 24.4 Å². The van der Waals surface area contributed by atoms with Crippen LogP contribution in [0.2, 0.25) is 10.0 Å². The summed E-state index contributed by atoms with van der Waals surface area (Å²) >= 11 is 16.1. The highest BCUT2D eigenvalue weighted by atomic mass is 79.9. The first-order valence-corrected chi connectivity index (χ1v) is 8.08. The fraction of sp³-hybridized carbons (Fsp3) is 0.267. The maximum Gasteiger partial charge on any atom is 0.124 e. The molecule has 1 atom stereocenters. The molecule has 0 saturated heterocycles. The standard InChI is InChI=1S/C15H13BrCl2N2O/c1-2-5-21-11-4-3-10(17)15(18)14(11)9-6-13-19-7-12(16)20(13)8-9/h2-4,7,9H,1,5-6,8H2. The fourth-order valence-electron chi connectivity index (χ4n) is 2.65. The molecule has 0 N–H and O–H groups in total. The lowest BCUT2D eigenvalue weighted by Crippen LogP contribution is -2.06. The van der Waals surface area contributed by atoms with Gasteiger partial charge in [-0.2, -0.15) is 0 Å². The monoisotopic (exact) mass is 386 g/mol. The summed E-state index contributed by atoms with van der Waals surface area (Å²) < 4.78 is 8.85. The van der Waals surface area contributed by atoms with Crippen molar-refractivity contribution in [2.75, 3.05) is 6.61 Å². The summed E-state index contributed by atoms with van der Waals surface area (Å²) in [5.41, 5.74) is 0.948. The van der Waals surface area contributed by atoms with E-state index in [1.807, 2.05) is 12.3 Å². The number of benzene rings is 1. The minimum absolute atomic E-state index is 0.205. The second kappa shape index (κ2) is 6.03. The Morgan fingerprint density at radius 2 is 2.29 bits per heavy atom. The number of imidazole rings is 1. The first-order valence-electron chi connectivity index (χ1n) is 6.53. The number of halogens is 3. The van der Waals surface area contributed by atoms with Crippen molar-refractivity contribution in [3.8, 4) is 5.75 Å². The molecule has 0 spiro atoms. The van der Waals surface area contributed by atoms with Gasteiger partial charge in [-0.3, -0.25) is 0 Å². The number of nitrogens with zero attached hydrogens (tertiary/aromatic N) is 2. The van der Waals surface area contributed by atoms with E-state index in [9.17, 15) is 0 Å². The normalized spacial score (nSPS) is 16.8. The van der Waals surface area contributed by atoms with E-state index in [1.54, 1.807) is 12.1 Å². The largest absolute Gasteiger partial charge is 0.489 e.